The fraction of sp³-hybridized carbons (Fsp3) is 0.353. The van der Waals surface area contributed by atoms with Crippen molar-refractivity contribution in [1.29, 1.82) is 0 Å². The fourth-order valence-electron chi connectivity index (χ4n) is 3.19. The van der Waals surface area contributed by atoms with Crippen LogP contribution >= 0.6 is 0 Å². The first kappa shape index (κ1) is 16.5. The van der Waals surface area contributed by atoms with Gasteiger partial charge in [0, 0.05) is 25.2 Å². The lowest BCUT2D eigenvalue weighted by molar-refractivity contribution is 0.0985. The number of halogens is 1. The number of ether oxygens (including phenoxy) is 1. The molecule has 0 spiro atoms. The molecule has 0 bridgehead atoms. The van der Waals surface area contributed by atoms with Crippen LogP contribution in [0.2, 0.25) is 0 Å². The summed E-state index contributed by atoms with van der Waals surface area (Å²) in [5.41, 5.74) is 7.49. The summed E-state index contributed by atoms with van der Waals surface area (Å²) in [5, 5.41) is 9.89. The normalized spacial score (nSPS) is 17.7. The van der Waals surface area contributed by atoms with Crippen molar-refractivity contribution in [2.75, 3.05) is 42.8 Å². The molecule has 0 aliphatic carbocycles. The quantitative estimate of drug-likeness (QED) is 0.658. The number of anilines is 3. The fourth-order valence-corrected chi connectivity index (χ4v) is 3.19. The number of aromatic nitrogens is 4. The molecule has 8 nitrogen and oxygen atoms in total. The first-order valence-corrected chi connectivity index (χ1v) is 8.41. The number of nitrogens with zero attached hydrogens (tertiary/aromatic N) is 4. The molecule has 1 aliphatic rings. The summed E-state index contributed by atoms with van der Waals surface area (Å²) >= 11 is 0. The van der Waals surface area contributed by atoms with E-state index in [2.05, 4.69) is 37.3 Å². The number of hydrogen-bond donors (Lipinski definition) is 3. The molecule has 1 unspecified atom stereocenters. The molecule has 9 heteroatoms. The van der Waals surface area contributed by atoms with E-state index in [1.54, 1.807) is 13.1 Å². The van der Waals surface area contributed by atoms with E-state index in [-0.39, 0.29) is 11.9 Å². The van der Waals surface area contributed by atoms with Crippen molar-refractivity contribution in [2.45, 2.75) is 13.0 Å². The van der Waals surface area contributed by atoms with E-state index in [9.17, 15) is 4.39 Å². The van der Waals surface area contributed by atoms with Crippen LogP contribution in [0.15, 0.2) is 18.2 Å². The Labute approximate surface area is 149 Å². The van der Waals surface area contributed by atoms with Crippen molar-refractivity contribution < 1.29 is 9.13 Å². The highest BCUT2D eigenvalue weighted by Crippen LogP contribution is 2.30. The summed E-state index contributed by atoms with van der Waals surface area (Å²) in [5.74, 6) is 0.959. The van der Waals surface area contributed by atoms with Crippen LogP contribution in [0.3, 0.4) is 0 Å². The van der Waals surface area contributed by atoms with Gasteiger partial charge in [-0.05, 0) is 19.1 Å². The van der Waals surface area contributed by atoms with Crippen molar-refractivity contribution in [3.05, 3.63) is 24.0 Å². The number of rotatable bonds is 3. The van der Waals surface area contributed by atoms with Crippen LogP contribution in [0.25, 0.3) is 22.2 Å². The minimum absolute atomic E-state index is 0.144. The van der Waals surface area contributed by atoms with E-state index in [0.29, 0.717) is 41.3 Å². The Kier molecular flexibility index (Phi) is 4.08. The molecule has 26 heavy (non-hydrogen) atoms. The zero-order valence-corrected chi connectivity index (χ0v) is 14.6. The number of fused-ring (bicyclic) bond motifs is 1. The Bertz CT molecular complexity index is 958. The molecule has 1 fully saturated rings. The van der Waals surface area contributed by atoms with Crippen LogP contribution in [0.5, 0.6) is 0 Å². The zero-order valence-electron chi connectivity index (χ0n) is 14.6. The van der Waals surface area contributed by atoms with Gasteiger partial charge in [-0.2, -0.15) is 10.1 Å². The second kappa shape index (κ2) is 6.41. The van der Waals surface area contributed by atoms with Gasteiger partial charge in [-0.1, -0.05) is 0 Å². The minimum atomic E-state index is -0.435. The maximum atomic E-state index is 14.5. The molecule has 1 saturated heterocycles. The number of nitrogens with two attached hydrogens (primary N) is 1. The van der Waals surface area contributed by atoms with Gasteiger partial charge in [0.1, 0.15) is 11.6 Å². The van der Waals surface area contributed by atoms with E-state index in [4.69, 9.17) is 10.5 Å². The molecule has 1 aliphatic heterocycles. The standard InChI is InChI=1S/C17H20FN7O/c1-9-8-26-4-3-25(9)14-7-12(21-17(20-2)22-14)10-5-11(18)15-13(6-10)23-24-16(15)19/h5-7,9H,3-4,8H2,1-2H3,(H3,19,23,24)(H,20,21,22). The number of morpholine rings is 1. The summed E-state index contributed by atoms with van der Waals surface area (Å²) < 4.78 is 20.0. The molecule has 1 aromatic carbocycles. The van der Waals surface area contributed by atoms with Gasteiger partial charge in [-0.25, -0.2) is 9.37 Å². The molecule has 0 radical (unpaired) electrons. The van der Waals surface area contributed by atoms with Gasteiger partial charge in [0.05, 0.1) is 35.9 Å². The summed E-state index contributed by atoms with van der Waals surface area (Å²) in [6.07, 6.45) is 0. The Hall–Kier alpha value is -2.94. The third-order valence-corrected chi connectivity index (χ3v) is 4.54. The topological polar surface area (TPSA) is 105 Å². The van der Waals surface area contributed by atoms with Crippen molar-refractivity contribution in [3.8, 4) is 11.3 Å². The van der Waals surface area contributed by atoms with Gasteiger partial charge >= 0.3 is 0 Å². The summed E-state index contributed by atoms with van der Waals surface area (Å²) in [4.78, 5) is 11.2. The first-order valence-electron chi connectivity index (χ1n) is 8.41. The van der Waals surface area contributed by atoms with Crippen molar-refractivity contribution in [1.82, 2.24) is 20.2 Å². The predicted octanol–water partition coefficient (Wildman–Crippen LogP) is 2.01. The van der Waals surface area contributed by atoms with Gasteiger partial charge in [0.2, 0.25) is 5.95 Å². The molecular weight excluding hydrogens is 337 g/mol. The van der Waals surface area contributed by atoms with Gasteiger partial charge < -0.3 is 20.7 Å². The van der Waals surface area contributed by atoms with Gasteiger partial charge in [0.15, 0.2) is 5.82 Å². The summed E-state index contributed by atoms with van der Waals surface area (Å²) in [6.45, 7) is 4.11. The average Bonchev–Trinajstić information content (AvgIpc) is 3.03. The number of aromatic amines is 1. The molecular formula is C17H20FN7O. The molecule has 4 rings (SSSR count). The third-order valence-electron chi connectivity index (χ3n) is 4.54. The Morgan fingerprint density at radius 2 is 2.19 bits per heavy atom. The SMILES string of the molecule is CNc1nc(-c2cc(F)c3c(N)n[nH]c3c2)cc(N2CCOCC2C)n1. The van der Waals surface area contributed by atoms with Crippen molar-refractivity contribution >= 4 is 28.5 Å². The van der Waals surface area contributed by atoms with E-state index in [1.807, 2.05) is 6.07 Å². The molecule has 136 valence electrons. The Morgan fingerprint density at radius 3 is 2.96 bits per heavy atom. The van der Waals surface area contributed by atoms with Crippen LogP contribution in [-0.2, 0) is 4.74 Å². The van der Waals surface area contributed by atoms with Gasteiger partial charge in [-0.15, -0.1) is 0 Å². The monoisotopic (exact) mass is 357 g/mol. The number of H-pyrrole nitrogens is 1. The number of nitrogens with one attached hydrogen (secondary N) is 2. The van der Waals surface area contributed by atoms with Crippen LogP contribution in [0, 0.1) is 5.82 Å². The summed E-state index contributed by atoms with van der Waals surface area (Å²) in [7, 11) is 1.75. The molecule has 0 saturated carbocycles. The van der Waals surface area contributed by atoms with E-state index in [0.717, 1.165) is 12.4 Å². The van der Waals surface area contributed by atoms with E-state index in [1.165, 1.54) is 6.07 Å². The van der Waals surface area contributed by atoms with Gasteiger partial charge in [0.25, 0.3) is 0 Å². The van der Waals surface area contributed by atoms with Crippen LogP contribution < -0.4 is 16.0 Å². The lowest BCUT2D eigenvalue weighted by atomic mass is 10.1. The van der Waals surface area contributed by atoms with Gasteiger partial charge in [-0.3, -0.25) is 5.10 Å². The molecule has 4 N–H and O–H groups in total. The smallest absolute Gasteiger partial charge is 0.224 e. The largest absolute Gasteiger partial charge is 0.382 e. The van der Waals surface area contributed by atoms with Crippen LogP contribution in [-0.4, -0.2) is 53.0 Å². The maximum absolute atomic E-state index is 14.5. The summed E-state index contributed by atoms with van der Waals surface area (Å²) in [6, 6.07) is 5.27. The second-order valence-corrected chi connectivity index (χ2v) is 6.29. The molecule has 3 heterocycles. The van der Waals surface area contributed by atoms with E-state index >= 15 is 0 Å². The molecule has 0 amide bonds. The van der Waals surface area contributed by atoms with Crippen molar-refractivity contribution in [3.63, 3.8) is 0 Å². The average molecular weight is 357 g/mol. The maximum Gasteiger partial charge on any atom is 0.224 e. The van der Waals surface area contributed by atoms with E-state index < -0.39 is 5.82 Å². The van der Waals surface area contributed by atoms with Crippen LogP contribution in [0.1, 0.15) is 6.92 Å². The van der Waals surface area contributed by atoms with Crippen molar-refractivity contribution in [2.24, 2.45) is 0 Å². The highest BCUT2D eigenvalue weighted by molar-refractivity contribution is 5.92. The minimum Gasteiger partial charge on any atom is -0.382 e. The number of hydrogen-bond acceptors (Lipinski definition) is 7. The highest BCUT2D eigenvalue weighted by Gasteiger charge is 2.22. The third kappa shape index (κ3) is 2.80. The predicted molar refractivity (Wildman–Crippen MR) is 98.7 cm³/mol. The van der Waals surface area contributed by atoms with Crippen LogP contribution in [0.4, 0.5) is 22.0 Å². The molecule has 3 aromatic rings. The first-order chi connectivity index (χ1) is 12.6. The highest BCUT2D eigenvalue weighted by atomic mass is 19.1. The Balaban J connectivity index is 1.82. The lowest BCUT2D eigenvalue weighted by Gasteiger charge is -2.34. The number of nitrogen functional groups attached to an aromatic ring is 1. The zero-order chi connectivity index (χ0) is 18.3. The Morgan fingerprint density at radius 1 is 1.35 bits per heavy atom. The second-order valence-electron chi connectivity index (χ2n) is 6.29. The molecule has 1 atom stereocenters. The molecule has 2 aromatic heterocycles. The number of benzene rings is 1. The lowest BCUT2D eigenvalue weighted by Crippen LogP contribution is -2.44.